The Morgan fingerprint density at radius 2 is 1.82 bits per heavy atom. The highest BCUT2D eigenvalue weighted by molar-refractivity contribution is 5.78. The average molecular weight is 304 g/mol. The Labute approximate surface area is 132 Å². The predicted octanol–water partition coefficient (Wildman–Crippen LogP) is 2.98. The summed E-state index contributed by atoms with van der Waals surface area (Å²) in [5, 5.41) is 8.93. The predicted molar refractivity (Wildman–Crippen MR) is 84.9 cm³/mol. The largest absolute Gasteiger partial charge is 0.490 e. The average Bonchev–Trinajstić information content (AvgIpc) is 2.45. The van der Waals surface area contributed by atoms with Crippen LogP contribution < -0.4 is 9.47 Å². The molecule has 5 nitrogen and oxygen atoms in total. The van der Waals surface area contributed by atoms with Gasteiger partial charge in [-0.2, -0.15) is 5.26 Å². The van der Waals surface area contributed by atoms with Crippen molar-refractivity contribution in [2.24, 2.45) is 0 Å². The van der Waals surface area contributed by atoms with Crippen LogP contribution in [0.1, 0.15) is 40.2 Å². The Kier molecular flexibility index (Phi) is 6.71. The second kappa shape index (κ2) is 8.28. The molecule has 0 aliphatic heterocycles. The molecule has 5 heteroatoms. The lowest BCUT2D eigenvalue weighted by Gasteiger charge is -2.30. The van der Waals surface area contributed by atoms with Crippen molar-refractivity contribution in [3.05, 3.63) is 23.8 Å². The third-order valence-electron chi connectivity index (χ3n) is 3.12. The highest BCUT2D eigenvalue weighted by atomic mass is 16.5. The van der Waals surface area contributed by atoms with Crippen LogP contribution in [0.25, 0.3) is 0 Å². The van der Waals surface area contributed by atoms with Crippen LogP contribution in [0.15, 0.2) is 18.2 Å². The van der Waals surface area contributed by atoms with Crippen molar-refractivity contribution in [2.45, 2.75) is 46.7 Å². The number of nitriles is 1. The first-order valence-corrected chi connectivity index (χ1v) is 7.51. The first kappa shape index (κ1) is 17.8. The fraction of sp³-hybridized carbons (Fsp3) is 0.529. The molecule has 0 unspecified atom stereocenters. The van der Waals surface area contributed by atoms with E-state index in [0.29, 0.717) is 23.7 Å². The van der Waals surface area contributed by atoms with E-state index >= 15 is 0 Å². The zero-order valence-electron chi connectivity index (χ0n) is 13.9. The number of hydrogen-bond acceptors (Lipinski definition) is 4. The lowest BCUT2D eigenvalue weighted by Crippen LogP contribution is -2.44. The molecule has 0 fully saturated rings. The number of carbonyl (C=O) groups excluding carboxylic acids is 1. The van der Waals surface area contributed by atoms with Gasteiger partial charge >= 0.3 is 0 Å². The van der Waals surface area contributed by atoms with Gasteiger partial charge in [0.1, 0.15) is 0 Å². The molecule has 1 amide bonds. The lowest BCUT2D eigenvalue weighted by molar-refractivity contribution is -0.137. The van der Waals surface area contributed by atoms with Crippen molar-refractivity contribution in [1.29, 1.82) is 5.26 Å². The van der Waals surface area contributed by atoms with Gasteiger partial charge in [0, 0.05) is 18.2 Å². The van der Waals surface area contributed by atoms with Crippen molar-refractivity contribution in [3.8, 4) is 17.6 Å². The minimum atomic E-state index is -0.0724. The van der Waals surface area contributed by atoms with E-state index in [-0.39, 0.29) is 24.6 Å². The molecular weight excluding hydrogens is 280 g/mol. The van der Waals surface area contributed by atoms with Gasteiger partial charge in [-0.05, 0) is 46.8 Å². The molecule has 22 heavy (non-hydrogen) atoms. The Morgan fingerprint density at radius 3 is 2.32 bits per heavy atom. The lowest BCUT2D eigenvalue weighted by atomic mass is 10.2. The maximum absolute atomic E-state index is 12.3. The Balaban J connectivity index is 2.83. The number of benzene rings is 1. The summed E-state index contributed by atoms with van der Waals surface area (Å²) in [7, 11) is 0. The van der Waals surface area contributed by atoms with Crippen LogP contribution >= 0.6 is 0 Å². The molecule has 0 saturated heterocycles. The molecule has 0 aromatic heterocycles. The van der Waals surface area contributed by atoms with Gasteiger partial charge in [0.05, 0.1) is 18.2 Å². The van der Waals surface area contributed by atoms with E-state index in [1.54, 1.807) is 23.1 Å². The summed E-state index contributed by atoms with van der Waals surface area (Å²) in [4.78, 5) is 14.1. The zero-order chi connectivity index (χ0) is 16.7. The number of nitrogens with zero attached hydrogens (tertiary/aromatic N) is 2. The van der Waals surface area contributed by atoms with E-state index < -0.39 is 0 Å². The molecule has 1 aromatic rings. The fourth-order valence-corrected chi connectivity index (χ4v) is 2.35. The van der Waals surface area contributed by atoms with Crippen LogP contribution in [0.4, 0.5) is 0 Å². The number of amides is 1. The Morgan fingerprint density at radius 1 is 1.18 bits per heavy atom. The van der Waals surface area contributed by atoms with E-state index in [1.807, 2.05) is 34.6 Å². The summed E-state index contributed by atoms with van der Waals surface area (Å²) < 4.78 is 11.1. The molecule has 1 rings (SSSR count). The molecule has 0 radical (unpaired) electrons. The molecule has 0 N–H and O–H groups in total. The van der Waals surface area contributed by atoms with Crippen LogP contribution in [-0.4, -0.2) is 36.1 Å². The summed E-state index contributed by atoms with van der Waals surface area (Å²) in [5.41, 5.74) is 0.494. The molecule has 1 aromatic carbocycles. The Bertz CT molecular complexity index is 539. The minimum Gasteiger partial charge on any atom is -0.490 e. The first-order valence-electron chi connectivity index (χ1n) is 7.51. The summed E-state index contributed by atoms with van der Waals surface area (Å²) >= 11 is 0. The normalized spacial score (nSPS) is 10.5. The molecule has 0 saturated carbocycles. The quantitative estimate of drug-likeness (QED) is 0.777. The van der Waals surface area contributed by atoms with Gasteiger partial charge < -0.3 is 14.4 Å². The molecule has 0 aliphatic rings. The van der Waals surface area contributed by atoms with Gasteiger partial charge in [0.25, 0.3) is 5.91 Å². The number of hydrogen-bond donors (Lipinski definition) is 0. The minimum absolute atomic E-state index is 0.0532. The van der Waals surface area contributed by atoms with E-state index in [4.69, 9.17) is 14.7 Å². The van der Waals surface area contributed by atoms with Crippen LogP contribution in [0.2, 0.25) is 0 Å². The van der Waals surface area contributed by atoms with Gasteiger partial charge in [-0.3, -0.25) is 4.79 Å². The highest BCUT2D eigenvalue weighted by Crippen LogP contribution is 2.28. The fourth-order valence-electron chi connectivity index (χ4n) is 2.35. The molecule has 120 valence electrons. The van der Waals surface area contributed by atoms with E-state index in [0.717, 1.165) is 0 Å². The summed E-state index contributed by atoms with van der Waals surface area (Å²) in [5.74, 6) is 0.883. The third kappa shape index (κ3) is 4.66. The Hall–Kier alpha value is -2.22. The van der Waals surface area contributed by atoms with Crippen LogP contribution in [0.5, 0.6) is 11.5 Å². The second-order valence-corrected chi connectivity index (χ2v) is 5.48. The van der Waals surface area contributed by atoms with Crippen molar-refractivity contribution >= 4 is 5.91 Å². The van der Waals surface area contributed by atoms with Crippen molar-refractivity contribution in [3.63, 3.8) is 0 Å². The zero-order valence-corrected chi connectivity index (χ0v) is 13.9. The van der Waals surface area contributed by atoms with Gasteiger partial charge in [-0.15, -0.1) is 0 Å². The number of ether oxygens (including phenoxy) is 2. The summed E-state index contributed by atoms with van der Waals surface area (Å²) in [6, 6.07) is 7.20. The second-order valence-electron chi connectivity index (χ2n) is 5.48. The molecule has 0 atom stereocenters. The number of rotatable bonds is 7. The summed E-state index contributed by atoms with van der Waals surface area (Å²) in [6.07, 6.45) is 0. The van der Waals surface area contributed by atoms with Gasteiger partial charge in [-0.1, -0.05) is 0 Å². The highest BCUT2D eigenvalue weighted by Gasteiger charge is 2.21. The standard InChI is InChI=1S/C17H24N2O3/c1-6-21-16-9-14(10-18)7-8-15(16)22-11-17(20)19(12(2)3)13(4)5/h7-9,12-13H,6,11H2,1-5H3. The smallest absolute Gasteiger partial charge is 0.260 e. The maximum Gasteiger partial charge on any atom is 0.260 e. The molecular formula is C17H24N2O3. The third-order valence-corrected chi connectivity index (χ3v) is 3.12. The van der Waals surface area contributed by atoms with E-state index in [1.165, 1.54) is 0 Å². The number of carbonyl (C=O) groups is 1. The van der Waals surface area contributed by atoms with Gasteiger partial charge in [0.2, 0.25) is 0 Å². The molecule has 0 aliphatic carbocycles. The van der Waals surface area contributed by atoms with Crippen molar-refractivity contribution < 1.29 is 14.3 Å². The van der Waals surface area contributed by atoms with Crippen LogP contribution in [-0.2, 0) is 4.79 Å². The first-order chi connectivity index (χ1) is 10.4. The maximum atomic E-state index is 12.3. The van der Waals surface area contributed by atoms with Gasteiger partial charge in [-0.25, -0.2) is 0 Å². The van der Waals surface area contributed by atoms with Crippen molar-refractivity contribution in [1.82, 2.24) is 4.90 Å². The molecule has 0 spiro atoms. The SMILES string of the molecule is CCOc1cc(C#N)ccc1OCC(=O)N(C(C)C)C(C)C. The van der Waals surface area contributed by atoms with Crippen molar-refractivity contribution in [2.75, 3.05) is 13.2 Å². The summed E-state index contributed by atoms with van der Waals surface area (Å²) in [6.45, 7) is 10.2. The van der Waals surface area contributed by atoms with Crippen LogP contribution in [0, 0.1) is 11.3 Å². The topological polar surface area (TPSA) is 62.6 Å². The monoisotopic (exact) mass is 304 g/mol. The molecule has 0 bridgehead atoms. The van der Waals surface area contributed by atoms with E-state index in [2.05, 4.69) is 6.07 Å². The van der Waals surface area contributed by atoms with E-state index in [9.17, 15) is 4.79 Å². The van der Waals surface area contributed by atoms with Gasteiger partial charge in [0.15, 0.2) is 18.1 Å². The molecule has 0 heterocycles. The van der Waals surface area contributed by atoms with Crippen LogP contribution in [0.3, 0.4) is 0 Å².